The first-order valence-corrected chi connectivity index (χ1v) is 6.32. The monoisotopic (exact) mass is 308 g/mol. The Labute approximate surface area is 114 Å². The summed E-state index contributed by atoms with van der Waals surface area (Å²) in [6.45, 7) is 1.92. The molecule has 0 aliphatic heterocycles. The number of carbonyl (C=O) groups excluding carboxylic acids is 1. The van der Waals surface area contributed by atoms with Gasteiger partial charge in [-0.15, -0.1) is 0 Å². The van der Waals surface area contributed by atoms with Gasteiger partial charge in [0, 0.05) is 15.6 Å². The Morgan fingerprint density at radius 1 is 1.12 bits per heavy atom. The molecule has 0 aliphatic carbocycles. The Hall–Kier alpha value is -1.12. The van der Waals surface area contributed by atoms with Gasteiger partial charge in [-0.2, -0.15) is 0 Å². The molecular weight excluding hydrogens is 300 g/mol. The first kappa shape index (κ1) is 12.3. The van der Waals surface area contributed by atoms with Crippen LogP contribution in [0.4, 0.5) is 0 Å². The molecule has 0 saturated carbocycles. The van der Waals surface area contributed by atoms with Crippen molar-refractivity contribution in [2.24, 2.45) is 0 Å². The van der Waals surface area contributed by atoms with Crippen molar-refractivity contribution in [3.05, 3.63) is 68.7 Å². The molecule has 0 unspecified atom stereocenters. The lowest BCUT2D eigenvalue weighted by Crippen LogP contribution is -2.04. The van der Waals surface area contributed by atoms with Gasteiger partial charge in [-0.3, -0.25) is 4.79 Å². The summed E-state index contributed by atoms with van der Waals surface area (Å²) >= 11 is 9.40. The number of aryl methyl sites for hydroxylation is 1. The van der Waals surface area contributed by atoms with Gasteiger partial charge in [-0.05, 0) is 30.7 Å². The number of rotatable bonds is 2. The van der Waals surface area contributed by atoms with Crippen LogP contribution in [0.25, 0.3) is 0 Å². The maximum atomic E-state index is 12.3. The predicted octanol–water partition coefficient (Wildman–Crippen LogP) is 4.64. The SMILES string of the molecule is Cc1ccccc1C(=O)c1cc(Br)ccc1Cl. The number of benzene rings is 2. The molecule has 0 aromatic heterocycles. The summed E-state index contributed by atoms with van der Waals surface area (Å²) < 4.78 is 0.846. The van der Waals surface area contributed by atoms with Crippen molar-refractivity contribution in [3.63, 3.8) is 0 Å². The fourth-order valence-corrected chi connectivity index (χ4v) is 2.21. The first-order chi connectivity index (χ1) is 8.09. The van der Waals surface area contributed by atoms with Crippen molar-refractivity contribution in [1.29, 1.82) is 0 Å². The normalized spacial score (nSPS) is 10.3. The summed E-state index contributed by atoms with van der Waals surface area (Å²) in [5.41, 5.74) is 2.16. The summed E-state index contributed by atoms with van der Waals surface area (Å²) in [7, 11) is 0. The quantitative estimate of drug-likeness (QED) is 0.738. The Bertz CT molecular complexity index is 578. The van der Waals surface area contributed by atoms with E-state index in [0.29, 0.717) is 16.1 Å². The lowest BCUT2D eigenvalue weighted by atomic mass is 9.99. The smallest absolute Gasteiger partial charge is 0.194 e. The molecule has 0 amide bonds. The lowest BCUT2D eigenvalue weighted by Gasteiger charge is -2.06. The highest BCUT2D eigenvalue weighted by molar-refractivity contribution is 9.10. The molecule has 2 aromatic rings. The fourth-order valence-electron chi connectivity index (χ4n) is 1.64. The molecule has 86 valence electrons. The van der Waals surface area contributed by atoms with Gasteiger partial charge in [-0.25, -0.2) is 0 Å². The Balaban J connectivity index is 2.51. The van der Waals surface area contributed by atoms with E-state index in [1.165, 1.54) is 0 Å². The molecule has 0 spiro atoms. The van der Waals surface area contributed by atoms with Gasteiger partial charge in [0.2, 0.25) is 0 Å². The predicted molar refractivity (Wildman–Crippen MR) is 73.8 cm³/mol. The third-order valence-electron chi connectivity index (χ3n) is 2.56. The Morgan fingerprint density at radius 3 is 2.53 bits per heavy atom. The Kier molecular flexibility index (Phi) is 3.65. The summed E-state index contributed by atoms with van der Waals surface area (Å²) in [5.74, 6) is -0.0469. The summed E-state index contributed by atoms with van der Waals surface area (Å²) in [6, 6.07) is 12.8. The van der Waals surface area contributed by atoms with Crippen LogP contribution in [0.1, 0.15) is 21.5 Å². The van der Waals surface area contributed by atoms with E-state index in [9.17, 15) is 4.79 Å². The zero-order valence-corrected chi connectivity index (χ0v) is 11.5. The fraction of sp³-hybridized carbons (Fsp3) is 0.0714. The van der Waals surface area contributed by atoms with Crippen molar-refractivity contribution in [2.45, 2.75) is 6.92 Å². The van der Waals surface area contributed by atoms with E-state index in [1.807, 2.05) is 37.3 Å². The van der Waals surface area contributed by atoms with Crippen molar-refractivity contribution in [3.8, 4) is 0 Å². The van der Waals surface area contributed by atoms with Gasteiger partial charge in [0.05, 0.1) is 5.02 Å². The molecular formula is C14H10BrClO. The minimum Gasteiger partial charge on any atom is -0.289 e. The van der Waals surface area contributed by atoms with Gasteiger partial charge >= 0.3 is 0 Å². The zero-order chi connectivity index (χ0) is 12.4. The maximum absolute atomic E-state index is 12.3. The van der Waals surface area contributed by atoms with Gasteiger partial charge in [0.1, 0.15) is 0 Å². The summed E-state index contributed by atoms with van der Waals surface area (Å²) in [6.07, 6.45) is 0. The van der Waals surface area contributed by atoms with Crippen LogP contribution in [0.2, 0.25) is 5.02 Å². The largest absolute Gasteiger partial charge is 0.289 e. The second kappa shape index (κ2) is 5.03. The lowest BCUT2D eigenvalue weighted by molar-refractivity contribution is 0.103. The molecule has 17 heavy (non-hydrogen) atoms. The van der Waals surface area contributed by atoms with E-state index in [4.69, 9.17) is 11.6 Å². The second-order valence-electron chi connectivity index (χ2n) is 3.77. The van der Waals surface area contributed by atoms with Crippen LogP contribution in [-0.2, 0) is 0 Å². The summed E-state index contributed by atoms with van der Waals surface area (Å²) in [5, 5.41) is 0.474. The van der Waals surface area contributed by atoms with Gasteiger partial charge < -0.3 is 0 Å². The number of carbonyl (C=O) groups is 1. The van der Waals surface area contributed by atoms with Crippen LogP contribution in [-0.4, -0.2) is 5.78 Å². The van der Waals surface area contributed by atoms with Gasteiger partial charge in [-0.1, -0.05) is 51.8 Å². The molecule has 0 radical (unpaired) electrons. The minimum absolute atomic E-state index is 0.0469. The minimum atomic E-state index is -0.0469. The molecule has 0 bridgehead atoms. The topological polar surface area (TPSA) is 17.1 Å². The van der Waals surface area contributed by atoms with Crippen molar-refractivity contribution in [2.75, 3.05) is 0 Å². The van der Waals surface area contributed by atoms with Crippen LogP contribution in [0, 0.1) is 6.92 Å². The van der Waals surface area contributed by atoms with Gasteiger partial charge in [0.15, 0.2) is 5.78 Å². The standard InChI is InChI=1S/C14H10BrClO/c1-9-4-2-3-5-11(9)14(17)12-8-10(15)6-7-13(12)16/h2-8H,1H3. The molecule has 0 N–H and O–H groups in total. The van der Waals surface area contributed by atoms with Crippen LogP contribution in [0.5, 0.6) is 0 Å². The molecule has 2 rings (SSSR count). The molecule has 0 atom stereocenters. The number of hydrogen-bond donors (Lipinski definition) is 0. The Morgan fingerprint density at radius 2 is 1.82 bits per heavy atom. The van der Waals surface area contributed by atoms with E-state index in [0.717, 1.165) is 10.0 Å². The highest BCUT2D eigenvalue weighted by Gasteiger charge is 2.14. The second-order valence-corrected chi connectivity index (χ2v) is 5.09. The average molecular weight is 310 g/mol. The third kappa shape index (κ3) is 2.59. The third-order valence-corrected chi connectivity index (χ3v) is 3.39. The molecule has 0 fully saturated rings. The van der Waals surface area contributed by atoms with E-state index in [-0.39, 0.29) is 5.78 Å². The highest BCUT2D eigenvalue weighted by atomic mass is 79.9. The van der Waals surface area contributed by atoms with E-state index in [1.54, 1.807) is 12.1 Å². The van der Waals surface area contributed by atoms with E-state index >= 15 is 0 Å². The van der Waals surface area contributed by atoms with Crippen LogP contribution in [0.15, 0.2) is 46.9 Å². The van der Waals surface area contributed by atoms with Crippen molar-refractivity contribution in [1.82, 2.24) is 0 Å². The van der Waals surface area contributed by atoms with Crippen LogP contribution >= 0.6 is 27.5 Å². The van der Waals surface area contributed by atoms with Crippen molar-refractivity contribution >= 4 is 33.3 Å². The van der Waals surface area contributed by atoms with E-state index < -0.39 is 0 Å². The molecule has 0 saturated heterocycles. The molecule has 3 heteroatoms. The first-order valence-electron chi connectivity index (χ1n) is 5.15. The highest BCUT2D eigenvalue weighted by Crippen LogP contribution is 2.24. The summed E-state index contributed by atoms with van der Waals surface area (Å²) in [4.78, 5) is 12.3. The number of halogens is 2. The molecule has 1 nitrogen and oxygen atoms in total. The molecule has 2 aromatic carbocycles. The van der Waals surface area contributed by atoms with Crippen LogP contribution in [0.3, 0.4) is 0 Å². The molecule has 0 aliphatic rings. The zero-order valence-electron chi connectivity index (χ0n) is 9.21. The number of hydrogen-bond acceptors (Lipinski definition) is 1. The van der Waals surface area contributed by atoms with Crippen molar-refractivity contribution < 1.29 is 4.79 Å². The maximum Gasteiger partial charge on any atom is 0.194 e. The average Bonchev–Trinajstić information content (AvgIpc) is 2.32. The van der Waals surface area contributed by atoms with E-state index in [2.05, 4.69) is 15.9 Å². The molecule has 0 heterocycles. The van der Waals surface area contributed by atoms with Gasteiger partial charge in [0.25, 0.3) is 0 Å². The number of ketones is 1. The van der Waals surface area contributed by atoms with Crippen LogP contribution < -0.4 is 0 Å².